The molecule has 0 bridgehead atoms. The van der Waals surface area contributed by atoms with E-state index in [2.05, 4.69) is 0 Å². The Bertz CT molecular complexity index is 643. The summed E-state index contributed by atoms with van der Waals surface area (Å²) >= 11 is 0. The number of amides is 1. The quantitative estimate of drug-likeness (QED) is 0.651. The molecule has 0 fully saturated rings. The lowest BCUT2D eigenvalue weighted by Crippen LogP contribution is -2.17. The summed E-state index contributed by atoms with van der Waals surface area (Å²) in [4.78, 5) is 20.8. The lowest BCUT2D eigenvalue weighted by molar-refractivity contribution is -0.400. The van der Waals surface area contributed by atoms with Gasteiger partial charge in [0.2, 0.25) is 12.1 Å². The van der Waals surface area contributed by atoms with Crippen molar-refractivity contribution in [3.05, 3.63) is 52.3 Å². The molecule has 0 saturated carbocycles. The molecule has 0 aliphatic heterocycles. The van der Waals surface area contributed by atoms with Crippen molar-refractivity contribution < 1.29 is 9.72 Å². The van der Waals surface area contributed by atoms with Gasteiger partial charge < -0.3 is 10.3 Å². The van der Waals surface area contributed by atoms with E-state index in [1.165, 1.54) is 6.08 Å². The number of carbonyl (C=O) groups excluding carboxylic acids is 1. The molecule has 6 nitrogen and oxygen atoms in total. The fourth-order valence-corrected chi connectivity index (χ4v) is 1.85. The Hall–Kier alpha value is -2.63. The van der Waals surface area contributed by atoms with Gasteiger partial charge in [0.1, 0.15) is 6.54 Å². The summed E-state index contributed by atoms with van der Waals surface area (Å²) in [5.74, 6) is -0.458. The minimum Gasteiger partial charge on any atom is -0.368 e. The maximum absolute atomic E-state index is 11.0. The van der Waals surface area contributed by atoms with Gasteiger partial charge in [-0.2, -0.15) is 0 Å². The van der Waals surface area contributed by atoms with Gasteiger partial charge in [-0.15, -0.1) is 0 Å². The SMILES string of the molecule is NC(=O)Cn1cc(/C=C/[N+](=O)[O-])c2ccccc21. The zero-order valence-corrected chi connectivity index (χ0v) is 9.45. The van der Waals surface area contributed by atoms with Crippen LogP contribution in [-0.4, -0.2) is 15.4 Å². The highest BCUT2D eigenvalue weighted by atomic mass is 16.6. The molecular weight excluding hydrogens is 234 g/mol. The van der Waals surface area contributed by atoms with E-state index in [4.69, 9.17) is 5.73 Å². The maximum atomic E-state index is 11.0. The monoisotopic (exact) mass is 245 g/mol. The standard InChI is InChI=1S/C12H11N3O3/c13-12(16)8-14-7-9(5-6-15(17)18)10-3-1-2-4-11(10)14/h1-7H,8H2,(H2,13,16)/b6-5+. The summed E-state index contributed by atoms with van der Waals surface area (Å²) in [7, 11) is 0. The van der Waals surface area contributed by atoms with Crippen LogP contribution in [0.25, 0.3) is 17.0 Å². The largest absolute Gasteiger partial charge is 0.368 e. The lowest BCUT2D eigenvalue weighted by atomic mass is 10.2. The van der Waals surface area contributed by atoms with Crippen LogP contribution in [0.2, 0.25) is 0 Å². The fourth-order valence-electron chi connectivity index (χ4n) is 1.85. The highest BCUT2D eigenvalue weighted by molar-refractivity contribution is 5.90. The number of hydrogen-bond donors (Lipinski definition) is 1. The number of primary amides is 1. The zero-order valence-electron chi connectivity index (χ0n) is 9.45. The summed E-state index contributed by atoms with van der Waals surface area (Å²) in [6.07, 6.45) is 3.95. The van der Waals surface area contributed by atoms with E-state index in [0.29, 0.717) is 5.56 Å². The van der Waals surface area contributed by atoms with Crippen LogP contribution < -0.4 is 5.73 Å². The Balaban J connectivity index is 2.53. The van der Waals surface area contributed by atoms with Gasteiger partial charge in [0, 0.05) is 28.7 Å². The van der Waals surface area contributed by atoms with E-state index in [0.717, 1.165) is 17.1 Å². The van der Waals surface area contributed by atoms with Gasteiger partial charge in [-0.25, -0.2) is 0 Å². The topological polar surface area (TPSA) is 91.2 Å². The van der Waals surface area contributed by atoms with Gasteiger partial charge in [-0.3, -0.25) is 14.9 Å². The molecule has 0 spiro atoms. The average Bonchev–Trinajstić information content (AvgIpc) is 2.65. The minimum atomic E-state index is -0.528. The number of aromatic nitrogens is 1. The molecule has 18 heavy (non-hydrogen) atoms. The van der Waals surface area contributed by atoms with Crippen LogP contribution in [-0.2, 0) is 11.3 Å². The first kappa shape index (κ1) is 11.8. The second-order valence-corrected chi connectivity index (χ2v) is 3.80. The van der Waals surface area contributed by atoms with Crippen molar-refractivity contribution in [1.29, 1.82) is 0 Å². The Morgan fingerprint density at radius 2 is 2.17 bits per heavy atom. The predicted molar refractivity (Wildman–Crippen MR) is 67.2 cm³/mol. The Kier molecular flexibility index (Phi) is 3.09. The summed E-state index contributed by atoms with van der Waals surface area (Å²) < 4.78 is 1.68. The molecule has 2 N–H and O–H groups in total. The van der Waals surface area contributed by atoms with Crippen molar-refractivity contribution in [2.75, 3.05) is 0 Å². The third kappa shape index (κ3) is 2.37. The number of rotatable bonds is 4. The molecular formula is C12H11N3O3. The van der Waals surface area contributed by atoms with Gasteiger partial charge in [0.25, 0.3) is 0 Å². The minimum absolute atomic E-state index is 0.0484. The van der Waals surface area contributed by atoms with Crippen molar-refractivity contribution in [3.8, 4) is 0 Å². The molecule has 0 aliphatic carbocycles. The molecule has 0 atom stereocenters. The molecule has 1 amide bonds. The van der Waals surface area contributed by atoms with Crippen LogP contribution in [0.5, 0.6) is 0 Å². The number of benzene rings is 1. The molecule has 0 unspecified atom stereocenters. The molecule has 0 aliphatic rings. The number of nitro groups is 1. The molecule has 1 aromatic carbocycles. The van der Waals surface area contributed by atoms with Crippen molar-refractivity contribution in [3.63, 3.8) is 0 Å². The first-order valence-electron chi connectivity index (χ1n) is 5.26. The normalized spacial score (nSPS) is 11.1. The number of hydrogen-bond acceptors (Lipinski definition) is 3. The van der Waals surface area contributed by atoms with Gasteiger partial charge in [0.15, 0.2) is 0 Å². The van der Waals surface area contributed by atoms with Crippen LogP contribution in [0, 0.1) is 10.1 Å². The third-order valence-electron chi connectivity index (χ3n) is 2.52. The number of nitrogens with two attached hydrogens (primary N) is 1. The van der Waals surface area contributed by atoms with Crippen LogP contribution in [0.3, 0.4) is 0 Å². The first-order chi connectivity index (χ1) is 8.58. The number of nitrogens with zero attached hydrogens (tertiary/aromatic N) is 2. The Labute approximate surface area is 102 Å². The molecule has 0 radical (unpaired) electrons. The van der Waals surface area contributed by atoms with E-state index in [9.17, 15) is 14.9 Å². The van der Waals surface area contributed by atoms with E-state index < -0.39 is 10.8 Å². The molecule has 2 rings (SSSR count). The predicted octanol–water partition coefficient (Wildman–Crippen LogP) is 1.37. The number of carbonyl (C=O) groups is 1. The Morgan fingerprint density at radius 3 is 2.83 bits per heavy atom. The van der Waals surface area contributed by atoms with Crippen molar-refractivity contribution in [2.45, 2.75) is 6.54 Å². The first-order valence-corrected chi connectivity index (χ1v) is 5.26. The van der Waals surface area contributed by atoms with E-state index in [-0.39, 0.29) is 6.54 Å². The summed E-state index contributed by atoms with van der Waals surface area (Å²) in [6, 6.07) is 7.34. The van der Waals surface area contributed by atoms with Crippen LogP contribution in [0.15, 0.2) is 36.7 Å². The number of para-hydroxylation sites is 1. The van der Waals surface area contributed by atoms with E-state index in [1.807, 2.05) is 24.3 Å². The van der Waals surface area contributed by atoms with E-state index >= 15 is 0 Å². The van der Waals surface area contributed by atoms with Gasteiger partial charge in [-0.1, -0.05) is 18.2 Å². The van der Waals surface area contributed by atoms with E-state index in [1.54, 1.807) is 10.8 Å². The van der Waals surface area contributed by atoms with Crippen molar-refractivity contribution in [1.82, 2.24) is 4.57 Å². The fraction of sp³-hybridized carbons (Fsp3) is 0.0833. The maximum Gasteiger partial charge on any atom is 0.237 e. The molecule has 92 valence electrons. The van der Waals surface area contributed by atoms with Crippen molar-refractivity contribution in [2.24, 2.45) is 5.73 Å². The summed E-state index contributed by atoms with van der Waals surface area (Å²) in [6.45, 7) is 0.0484. The Morgan fingerprint density at radius 1 is 1.44 bits per heavy atom. The molecule has 1 heterocycles. The molecule has 6 heteroatoms. The molecule has 2 aromatic rings. The highest BCUT2D eigenvalue weighted by Crippen LogP contribution is 2.22. The highest BCUT2D eigenvalue weighted by Gasteiger charge is 2.08. The third-order valence-corrected chi connectivity index (χ3v) is 2.52. The second-order valence-electron chi connectivity index (χ2n) is 3.80. The summed E-state index contributed by atoms with van der Waals surface area (Å²) in [5.41, 5.74) is 6.66. The summed E-state index contributed by atoms with van der Waals surface area (Å²) in [5, 5.41) is 11.2. The van der Waals surface area contributed by atoms with Gasteiger partial charge >= 0.3 is 0 Å². The van der Waals surface area contributed by atoms with Crippen LogP contribution in [0.1, 0.15) is 5.56 Å². The van der Waals surface area contributed by atoms with Crippen LogP contribution in [0.4, 0.5) is 0 Å². The second kappa shape index (κ2) is 4.70. The zero-order chi connectivity index (χ0) is 13.1. The van der Waals surface area contributed by atoms with Gasteiger partial charge in [-0.05, 0) is 6.07 Å². The lowest BCUT2D eigenvalue weighted by Gasteiger charge is -2.00. The smallest absolute Gasteiger partial charge is 0.237 e. The van der Waals surface area contributed by atoms with Crippen LogP contribution >= 0.6 is 0 Å². The average molecular weight is 245 g/mol. The van der Waals surface area contributed by atoms with Crippen molar-refractivity contribution >= 4 is 22.9 Å². The molecule has 0 saturated heterocycles. The number of fused-ring (bicyclic) bond motifs is 1. The molecule has 1 aromatic heterocycles. The van der Waals surface area contributed by atoms with Gasteiger partial charge in [0.05, 0.1) is 4.92 Å².